The molecule has 0 spiro atoms. The van der Waals surface area contributed by atoms with Crippen LogP contribution in [0.1, 0.15) is 19.4 Å². The molecule has 0 aliphatic carbocycles. The topological polar surface area (TPSA) is 67.4 Å². The van der Waals surface area contributed by atoms with E-state index in [-0.39, 0.29) is 30.7 Å². The van der Waals surface area contributed by atoms with Gasteiger partial charge in [0.05, 0.1) is 17.5 Å². The van der Waals surface area contributed by atoms with Gasteiger partial charge in [0.25, 0.3) is 0 Å². The van der Waals surface area contributed by atoms with Crippen LogP contribution in [-0.4, -0.2) is 18.4 Å². The van der Waals surface area contributed by atoms with Crippen LogP contribution >= 0.6 is 0 Å². The molecule has 0 radical (unpaired) electrons. The lowest BCUT2D eigenvalue weighted by molar-refractivity contribution is -0.125. The van der Waals surface area contributed by atoms with E-state index >= 15 is 0 Å². The van der Waals surface area contributed by atoms with E-state index < -0.39 is 5.41 Å². The van der Waals surface area contributed by atoms with E-state index in [1.54, 1.807) is 44.2 Å². The fourth-order valence-corrected chi connectivity index (χ4v) is 2.43. The Morgan fingerprint density at radius 3 is 2.68 bits per heavy atom. The van der Waals surface area contributed by atoms with Gasteiger partial charge in [-0.25, -0.2) is 4.39 Å². The maximum atomic E-state index is 12.9. The number of nitrogens with one attached hydrogen (secondary N) is 2. The molecular formula is C19H19FN2O3. The van der Waals surface area contributed by atoms with Crippen molar-refractivity contribution in [3.05, 3.63) is 53.8 Å². The molecular weight excluding hydrogens is 323 g/mol. The van der Waals surface area contributed by atoms with Crippen molar-refractivity contribution in [2.75, 3.05) is 17.2 Å². The van der Waals surface area contributed by atoms with Crippen molar-refractivity contribution in [3.8, 4) is 5.75 Å². The number of rotatable bonds is 3. The number of fused-ring (bicyclic) bond motifs is 1. The molecule has 6 heteroatoms. The van der Waals surface area contributed by atoms with Crippen LogP contribution in [0.25, 0.3) is 0 Å². The molecule has 0 saturated carbocycles. The van der Waals surface area contributed by atoms with Gasteiger partial charge in [-0.3, -0.25) is 9.59 Å². The molecule has 0 unspecified atom stereocenters. The molecule has 0 aromatic heterocycles. The number of carbonyl (C=O) groups excluding carboxylic acids is 2. The zero-order valence-corrected chi connectivity index (χ0v) is 14.1. The highest BCUT2D eigenvalue weighted by atomic mass is 19.1. The molecule has 2 aromatic carbocycles. The van der Waals surface area contributed by atoms with Crippen molar-refractivity contribution < 1.29 is 18.7 Å². The van der Waals surface area contributed by atoms with Crippen LogP contribution in [0.2, 0.25) is 0 Å². The van der Waals surface area contributed by atoms with E-state index in [0.717, 1.165) is 5.56 Å². The summed E-state index contributed by atoms with van der Waals surface area (Å²) in [5.41, 5.74) is 1.23. The number of anilines is 2. The molecule has 25 heavy (non-hydrogen) atoms. The first-order valence-corrected chi connectivity index (χ1v) is 7.96. The first-order chi connectivity index (χ1) is 11.8. The monoisotopic (exact) mass is 342 g/mol. The lowest BCUT2D eigenvalue weighted by Crippen LogP contribution is -2.33. The Balaban J connectivity index is 1.70. The van der Waals surface area contributed by atoms with Gasteiger partial charge < -0.3 is 15.4 Å². The highest BCUT2D eigenvalue weighted by Crippen LogP contribution is 2.34. The molecule has 130 valence electrons. The SMILES string of the molecule is CC1(C)COc2cc(NC(=O)Cc3ccc(F)cc3)ccc2NC1=O. The summed E-state index contributed by atoms with van der Waals surface area (Å²) in [7, 11) is 0. The van der Waals surface area contributed by atoms with Crippen LogP contribution in [-0.2, 0) is 16.0 Å². The minimum absolute atomic E-state index is 0.112. The zero-order valence-electron chi connectivity index (χ0n) is 14.1. The number of hydrogen-bond donors (Lipinski definition) is 2. The summed E-state index contributed by atoms with van der Waals surface area (Å²) >= 11 is 0. The van der Waals surface area contributed by atoms with Crippen LogP contribution in [0.3, 0.4) is 0 Å². The van der Waals surface area contributed by atoms with E-state index in [1.165, 1.54) is 12.1 Å². The Morgan fingerprint density at radius 1 is 1.24 bits per heavy atom. The Labute approximate surface area is 145 Å². The summed E-state index contributed by atoms with van der Waals surface area (Å²) < 4.78 is 18.6. The molecule has 5 nitrogen and oxygen atoms in total. The Morgan fingerprint density at radius 2 is 1.96 bits per heavy atom. The predicted octanol–water partition coefficient (Wildman–Crippen LogP) is 3.36. The van der Waals surface area contributed by atoms with Gasteiger partial charge in [0.1, 0.15) is 18.2 Å². The van der Waals surface area contributed by atoms with Crippen LogP contribution in [0.5, 0.6) is 5.75 Å². The normalized spacial score (nSPS) is 15.4. The highest BCUT2D eigenvalue weighted by molar-refractivity contribution is 5.98. The van der Waals surface area contributed by atoms with Crippen LogP contribution < -0.4 is 15.4 Å². The van der Waals surface area contributed by atoms with Gasteiger partial charge in [-0.1, -0.05) is 12.1 Å². The average molecular weight is 342 g/mol. The minimum Gasteiger partial charge on any atom is -0.490 e. The van der Waals surface area contributed by atoms with Gasteiger partial charge >= 0.3 is 0 Å². The summed E-state index contributed by atoms with van der Waals surface area (Å²) in [4.78, 5) is 24.2. The molecule has 2 aromatic rings. The Hall–Kier alpha value is -2.89. The Kier molecular flexibility index (Phi) is 4.44. The van der Waals surface area contributed by atoms with Crippen molar-refractivity contribution in [3.63, 3.8) is 0 Å². The molecule has 0 fully saturated rings. The molecule has 1 heterocycles. The van der Waals surface area contributed by atoms with Crippen LogP contribution in [0.15, 0.2) is 42.5 Å². The molecule has 1 aliphatic heterocycles. The second kappa shape index (κ2) is 6.55. The number of hydrogen-bond acceptors (Lipinski definition) is 3. The van der Waals surface area contributed by atoms with E-state index in [9.17, 15) is 14.0 Å². The van der Waals surface area contributed by atoms with E-state index in [1.807, 2.05) is 0 Å². The molecule has 3 rings (SSSR count). The fourth-order valence-electron chi connectivity index (χ4n) is 2.43. The second-order valence-corrected chi connectivity index (χ2v) is 6.69. The largest absolute Gasteiger partial charge is 0.490 e. The van der Waals surface area contributed by atoms with E-state index in [4.69, 9.17) is 4.74 Å². The van der Waals surface area contributed by atoms with E-state index in [0.29, 0.717) is 17.1 Å². The lowest BCUT2D eigenvalue weighted by atomic mass is 9.94. The second-order valence-electron chi connectivity index (χ2n) is 6.69. The molecule has 2 amide bonds. The average Bonchev–Trinajstić information content (AvgIpc) is 2.67. The third-order valence-electron chi connectivity index (χ3n) is 3.99. The minimum atomic E-state index is -0.634. The van der Waals surface area contributed by atoms with Gasteiger partial charge in [0.2, 0.25) is 11.8 Å². The smallest absolute Gasteiger partial charge is 0.233 e. The Bertz CT molecular complexity index is 816. The van der Waals surface area contributed by atoms with Crippen LogP contribution in [0, 0.1) is 11.2 Å². The fraction of sp³-hybridized carbons (Fsp3) is 0.263. The summed E-state index contributed by atoms with van der Waals surface area (Å²) in [6, 6.07) is 10.9. The number of carbonyl (C=O) groups is 2. The van der Waals surface area contributed by atoms with Gasteiger partial charge in [-0.15, -0.1) is 0 Å². The number of ether oxygens (including phenoxy) is 1. The molecule has 2 N–H and O–H groups in total. The summed E-state index contributed by atoms with van der Waals surface area (Å²) in [6.07, 6.45) is 0.141. The molecule has 0 saturated heterocycles. The maximum Gasteiger partial charge on any atom is 0.233 e. The third-order valence-corrected chi connectivity index (χ3v) is 3.99. The number of halogens is 1. The summed E-state index contributed by atoms with van der Waals surface area (Å²) in [5.74, 6) is -0.153. The molecule has 0 bridgehead atoms. The van der Waals surface area contributed by atoms with Gasteiger partial charge in [-0.2, -0.15) is 0 Å². The van der Waals surface area contributed by atoms with E-state index in [2.05, 4.69) is 10.6 Å². The van der Waals surface area contributed by atoms with Gasteiger partial charge in [0.15, 0.2) is 0 Å². The zero-order chi connectivity index (χ0) is 18.0. The standard InChI is InChI=1S/C19H19FN2O3/c1-19(2)11-25-16-10-14(7-8-15(16)22-18(19)24)21-17(23)9-12-3-5-13(20)6-4-12/h3-8,10H,9,11H2,1-2H3,(H,21,23)(H,22,24). The first kappa shape index (κ1) is 17.0. The van der Waals surface area contributed by atoms with Crippen LogP contribution in [0.4, 0.5) is 15.8 Å². The molecule has 0 atom stereocenters. The van der Waals surface area contributed by atoms with Gasteiger partial charge in [-0.05, 0) is 43.7 Å². The lowest BCUT2D eigenvalue weighted by Gasteiger charge is -2.18. The quantitative estimate of drug-likeness (QED) is 0.899. The van der Waals surface area contributed by atoms with Crippen molar-refractivity contribution in [1.82, 2.24) is 0 Å². The van der Waals surface area contributed by atoms with Crippen molar-refractivity contribution >= 4 is 23.2 Å². The third kappa shape index (κ3) is 3.96. The maximum absolute atomic E-state index is 12.9. The predicted molar refractivity (Wildman–Crippen MR) is 93.1 cm³/mol. The summed E-state index contributed by atoms with van der Waals surface area (Å²) in [5, 5.41) is 5.61. The first-order valence-electron chi connectivity index (χ1n) is 7.96. The number of amides is 2. The van der Waals surface area contributed by atoms with Crippen molar-refractivity contribution in [2.45, 2.75) is 20.3 Å². The van der Waals surface area contributed by atoms with Gasteiger partial charge in [0, 0.05) is 11.8 Å². The van der Waals surface area contributed by atoms with Crippen molar-refractivity contribution in [1.29, 1.82) is 0 Å². The highest BCUT2D eigenvalue weighted by Gasteiger charge is 2.32. The van der Waals surface area contributed by atoms with Crippen molar-refractivity contribution in [2.24, 2.45) is 5.41 Å². The number of benzene rings is 2. The molecule has 1 aliphatic rings. The summed E-state index contributed by atoms with van der Waals surface area (Å²) in [6.45, 7) is 3.86.